The van der Waals surface area contributed by atoms with Gasteiger partial charge in [0.25, 0.3) is 0 Å². The van der Waals surface area contributed by atoms with Crippen molar-refractivity contribution < 1.29 is 4.39 Å². The Labute approximate surface area is 95.7 Å². The maximum Gasteiger partial charge on any atom is 0.141 e. The maximum atomic E-state index is 12.7. The third kappa shape index (κ3) is 2.92. The molecule has 1 atom stereocenters. The van der Waals surface area contributed by atoms with Crippen LogP contribution in [0, 0.1) is 11.7 Å². The first-order valence-electron chi connectivity index (χ1n) is 5.79. The van der Waals surface area contributed by atoms with Gasteiger partial charge >= 0.3 is 0 Å². The number of anilines is 1. The number of pyridine rings is 1. The van der Waals surface area contributed by atoms with Crippen molar-refractivity contribution in [2.45, 2.75) is 12.8 Å². The third-order valence-electron chi connectivity index (χ3n) is 3.03. The van der Waals surface area contributed by atoms with E-state index < -0.39 is 0 Å². The van der Waals surface area contributed by atoms with Gasteiger partial charge in [-0.2, -0.15) is 0 Å². The number of nitrogens with zero attached hydrogens (tertiary/aromatic N) is 2. The molecule has 1 aliphatic rings. The summed E-state index contributed by atoms with van der Waals surface area (Å²) in [6, 6.07) is 3.18. The molecule has 3 nitrogen and oxygen atoms in total. The molecule has 16 heavy (non-hydrogen) atoms. The Kier molecular flexibility index (Phi) is 3.72. The molecule has 88 valence electrons. The minimum Gasteiger partial charge on any atom is -0.359 e. The van der Waals surface area contributed by atoms with Crippen molar-refractivity contribution in [3.63, 3.8) is 0 Å². The topological polar surface area (TPSA) is 28.2 Å². The lowest BCUT2D eigenvalue weighted by molar-refractivity contribution is 0.380. The highest BCUT2D eigenvalue weighted by Gasteiger charge is 2.15. The first-order chi connectivity index (χ1) is 7.75. The standard InChI is InChI=1S/C12H18FN3/c1-16(9-10-3-2-6-14-7-10)12-5-4-11(13)8-15-12/h4-5,8,10,14H,2-3,6-7,9H2,1H3. The lowest BCUT2D eigenvalue weighted by Crippen LogP contribution is -2.37. The van der Waals surface area contributed by atoms with Crippen LogP contribution in [0.1, 0.15) is 12.8 Å². The van der Waals surface area contributed by atoms with Crippen molar-refractivity contribution in [2.24, 2.45) is 5.92 Å². The van der Waals surface area contributed by atoms with Crippen LogP contribution in [0.4, 0.5) is 10.2 Å². The second-order valence-corrected chi connectivity index (χ2v) is 4.43. The Morgan fingerprint density at radius 3 is 3.06 bits per heavy atom. The van der Waals surface area contributed by atoms with Gasteiger partial charge in [-0.05, 0) is 44.0 Å². The van der Waals surface area contributed by atoms with Crippen LogP contribution in [0.3, 0.4) is 0 Å². The molecule has 0 saturated carbocycles. The van der Waals surface area contributed by atoms with Crippen LogP contribution in [0.5, 0.6) is 0 Å². The fourth-order valence-corrected chi connectivity index (χ4v) is 2.15. The summed E-state index contributed by atoms with van der Waals surface area (Å²) in [7, 11) is 2.01. The minimum absolute atomic E-state index is 0.281. The molecule has 1 aromatic heterocycles. The van der Waals surface area contributed by atoms with Crippen LogP contribution in [0.25, 0.3) is 0 Å². The Bertz CT molecular complexity index is 320. The molecule has 0 aromatic carbocycles. The molecule has 0 bridgehead atoms. The number of hydrogen-bond acceptors (Lipinski definition) is 3. The molecule has 0 spiro atoms. The molecule has 2 rings (SSSR count). The van der Waals surface area contributed by atoms with Gasteiger partial charge in [0.05, 0.1) is 6.20 Å². The largest absolute Gasteiger partial charge is 0.359 e. The third-order valence-corrected chi connectivity index (χ3v) is 3.03. The van der Waals surface area contributed by atoms with Gasteiger partial charge in [-0.25, -0.2) is 9.37 Å². The van der Waals surface area contributed by atoms with E-state index in [4.69, 9.17) is 0 Å². The van der Waals surface area contributed by atoms with Crippen LogP contribution >= 0.6 is 0 Å². The van der Waals surface area contributed by atoms with Crippen LogP contribution in [0.15, 0.2) is 18.3 Å². The first kappa shape index (κ1) is 11.3. The smallest absolute Gasteiger partial charge is 0.141 e. The number of hydrogen-bond donors (Lipinski definition) is 1. The molecular formula is C12H18FN3. The quantitative estimate of drug-likeness (QED) is 0.844. The van der Waals surface area contributed by atoms with E-state index in [2.05, 4.69) is 15.2 Å². The highest BCUT2D eigenvalue weighted by atomic mass is 19.1. The molecule has 0 aliphatic carbocycles. The van der Waals surface area contributed by atoms with Crippen molar-refractivity contribution >= 4 is 5.82 Å². The molecule has 1 aromatic rings. The van der Waals surface area contributed by atoms with Crippen molar-refractivity contribution in [1.29, 1.82) is 0 Å². The summed E-state index contributed by atoms with van der Waals surface area (Å²) in [5, 5.41) is 3.39. The van der Waals surface area contributed by atoms with Gasteiger partial charge in [-0.3, -0.25) is 0 Å². The molecule has 1 saturated heterocycles. The number of rotatable bonds is 3. The summed E-state index contributed by atoms with van der Waals surface area (Å²) in [5.74, 6) is 1.23. The van der Waals surface area contributed by atoms with Crippen molar-refractivity contribution in [3.8, 4) is 0 Å². The van der Waals surface area contributed by atoms with Gasteiger partial charge in [-0.1, -0.05) is 0 Å². The fourth-order valence-electron chi connectivity index (χ4n) is 2.15. The summed E-state index contributed by atoms with van der Waals surface area (Å²) in [4.78, 5) is 6.17. The van der Waals surface area contributed by atoms with Gasteiger partial charge in [-0.15, -0.1) is 0 Å². The predicted octanol–water partition coefficient (Wildman–Crippen LogP) is 1.66. The van der Waals surface area contributed by atoms with E-state index in [-0.39, 0.29) is 5.82 Å². The summed E-state index contributed by atoms with van der Waals surface area (Å²) in [5.41, 5.74) is 0. The highest BCUT2D eigenvalue weighted by Crippen LogP contribution is 2.15. The summed E-state index contributed by atoms with van der Waals surface area (Å²) in [6.45, 7) is 3.19. The van der Waals surface area contributed by atoms with Crippen LogP contribution in [-0.2, 0) is 0 Å². The molecular weight excluding hydrogens is 205 g/mol. The van der Waals surface area contributed by atoms with Crippen LogP contribution < -0.4 is 10.2 Å². The van der Waals surface area contributed by atoms with Gasteiger partial charge in [0, 0.05) is 13.6 Å². The maximum absolute atomic E-state index is 12.7. The Morgan fingerprint density at radius 2 is 2.44 bits per heavy atom. The van der Waals surface area contributed by atoms with E-state index in [1.54, 1.807) is 6.07 Å². The lowest BCUT2D eigenvalue weighted by atomic mass is 9.99. The predicted molar refractivity (Wildman–Crippen MR) is 63.1 cm³/mol. The van der Waals surface area contributed by atoms with Crippen LogP contribution in [0.2, 0.25) is 0 Å². The normalized spacial score (nSPS) is 20.8. The Hall–Kier alpha value is -1.16. The second kappa shape index (κ2) is 5.25. The average Bonchev–Trinajstić information content (AvgIpc) is 2.31. The molecule has 1 fully saturated rings. The van der Waals surface area contributed by atoms with E-state index in [1.807, 2.05) is 7.05 Å². The SMILES string of the molecule is CN(CC1CCCNC1)c1ccc(F)cn1. The second-order valence-electron chi connectivity index (χ2n) is 4.43. The number of nitrogens with one attached hydrogen (secondary N) is 1. The Balaban J connectivity index is 1.91. The minimum atomic E-state index is -0.281. The van der Waals surface area contributed by atoms with Crippen molar-refractivity contribution in [2.75, 3.05) is 31.6 Å². The van der Waals surface area contributed by atoms with E-state index in [9.17, 15) is 4.39 Å². The summed E-state index contributed by atoms with van der Waals surface area (Å²) >= 11 is 0. The molecule has 1 N–H and O–H groups in total. The molecule has 2 heterocycles. The van der Waals surface area contributed by atoms with Gasteiger partial charge in [0.15, 0.2) is 0 Å². The number of aromatic nitrogens is 1. The molecule has 0 radical (unpaired) electrons. The fraction of sp³-hybridized carbons (Fsp3) is 0.583. The van der Waals surface area contributed by atoms with Crippen molar-refractivity contribution in [1.82, 2.24) is 10.3 Å². The van der Waals surface area contributed by atoms with E-state index in [0.29, 0.717) is 5.92 Å². The van der Waals surface area contributed by atoms with E-state index in [0.717, 1.165) is 25.5 Å². The van der Waals surface area contributed by atoms with E-state index >= 15 is 0 Å². The van der Waals surface area contributed by atoms with Gasteiger partial charge < -0.3 is 10.2 Å². The Morgan fingerprint density at radius 1 is 1.56 bits per heavy atom. The van der Waals surface area contributed by atoms with E-state index in [1.165, 1.54) is 25.1 Å². The zero-order chi connectivity index (χ0) is 11.4. The van der Waals surface area contributed by atoms with Gasteiger partial charge in [0.1, 0.15) is 11.6 Å². The summed E-state index contributed by atoms with van der Waals surface area (Å²) in [6.07, 6.45) is 3.78. The molecule has 0 amide bonds. The molecule has 1 unspecified atom stereocenters. The summed E-state index contributed by atoms with van der Waals surface area (Å²) < 4.78 is 12.7. The highest BCUT2D eigenvalue weighted by molar-refractivity contribution is 5.36. The van der Waals surface area contributed by atoms with Crippen LogP contribution in [-0.4, -0.2) is 31.7 Å². The monoisotopic (exact) mass is 223 g/mol. The number of piperidine rings is 1. The molecule has 4 heteroatoms. The number of halogens is 1. The molecule has 1 aliphatic heterocycles. The lowest BCUT2D eigenvalue weighted by Gasteiger charge is -2.28. The zero-order valence-electron chi connectivity index (χ0n) is 9.62. The van der Waals surface area contributed by atoms with Crippen molar-refractivity contribution in [3.05, 3.63) is 24.1 Å². The first-order valence-corrected chi connectivity index (χ1v) is 5.79. The average molecular weight is 223 g/mol. The van der Waals surface area contributed by atoms with Gasteiger partial charge in [0.2, 0.25) is 0 Å². The zero-order valence-corrected chi connectivity index (χ0v) is 9.62.